The van der Waals surface area contributed by atoms with Gasteiger partial charge in [0.25, 0.3) is 6.10 Å². The number of ether oxygens (including phenoxy) is 2. The summed E-state index contributed by atoms with van der Waals surface area (Å²) < 4.78 is 79.3. The summed E-state index contributed by atoms with van der Waals surface area (Å²) >= 11 is 0. The highest BCUT2D eigenvalue weighted by Gasteiger charge is 2.58. The molecule has 0 aliphatic heterocycles. The van der Waals surface area contributed by atoms with Crippen molar-refractivity contribution in [1.82, 2.24) is 0 Å². The Bertz CT molecular complexity index is 201. The van der Waals surface area contributed by atoms with Gasteiger partial charge in [0.1, 0.15) is 6.79 Å². The fourth-order valence-corrected chi connectivity index (χ4v) is 0.814. The van der Waals surface area contributed by atoms with Crippen molar-refractivity contribution in [3.8, 4) is 0 Å². The van der Waals surface area contributed by atoms with E-state index >= 15 is 0 Å². The SMILES string of the molecule is OCOCCC(O)OC(C(F)(F)F)C(F)(F)F. The van der Waals surface area contributed by atoms with Crippen LogP contribution in [0, 0.1) is 0 Å². The molecule has 0 aromatic carbocycles. The molecule has 0 fully saturated rings. The van der Waals surface area contributed by atoms with Crippen LogP contribution in [0.5, 0.6) is 0 Å². The molecule has 0 aromatic rings. The van der Waals surface area contributed by atoms with Crippen molar-refractivity contribution in [3.05, 3.63) is 0 Å². The molecular formula is C7H10F6O4. The summed E-state index contributed by atoms with van der Waals surface area (Å²) in [5, 5.41) is 16.9. The van der Waals surface area contributed by atoms with Crippen molar-refractivity contribution >= 4 is 0 Å². The normalized spacial score (nSPS) is 15.4. The van der Waals surface area contributed by atoms with Gasteiger partial charge in [-0.25, -0.2) is 0 Å². The van der Waals surface area contributed by atoms with Crippen molar-refractivity contribution in [2.45, 2.75) is 31.2 Å². The zero-order valence-corrected chi connectivity index (χ0v) is 8.25. The number of halogens is 6. The van der Waals surface area contributed by atoms with Crippen LogP contribution in [0.2, 0.25) is 0 Å². The minimum Gasteiger partial charge on any atom is -0.371 e. The summed E-state index contributed by atoms with van der Waals surface area (Å²) in [4.78, 5) is 0. The van der Waals surface area contributed by atoms with Crippen molar-refractivity contribution in [1.29, 1.82) is 0 Å². The van der Waals surface area contributed by atoms with Gasteiger partial charge in [0.05, 0.1) is 6.61 Å². The zero-order valence-electron chi connectivity index (χ0n) is 8.25. The number of alkyl halides is 6. The summed E-state index contributed by atoms with van der Waals surface area (Å²) in [6.07, 6.45) is -18.3. The Balaban J connectivity index is 4.36. The van der Waals surface area contributed by atoms with Crippen molar-refractivity contribution in [2.24, 2.45) is 0 Å². The highest BCUT2D eigenvalue weighted by molar-refractivity contribution is 4.76. The molecule has 17 heavy (non-hydrogen) atoms. The van der Waals surface area contributed by atoms with E-state index in [1.807, 2.05) is 0 Å². The Morgan fingerprint density at radius 1 is 1.00 bits per heavy atom. The van der Waals surface area contributed by atoms with Crippen molar-refractivity contribution in [2.75, 3.05) is 13.4 Å². The first-order valence-corrected chi connectivity index (χ1v) is 4.24. The van der Waals surface area contributed by atoms with E-state index in [1.165, 1.54) is 0 Å². The first-order chi connectivity index (χ1) is 7.59. The van der Waals surface area contributed by atoms with Crippen molar-refractivity contribution in [3.63, 3.8) is 0 Å². The first-order valence-electron chi connectivity index (χ1n) is 4.24. The Labute approximate surface area is 91.7 Å². The largest absolute Gasteiger partial charge is 0.423 e. The first kappa shape index (κ1) is 16.4. The molecule has 10 heteroatoms. The molecule has 0 amide bonds. The molecule has 4 nitrogen and oxygen atoms in total. The molecule has 104 valence electrons. The monoisotopic (exact) mass is 272 g/mol. The molecule has 1 atom stereocenters. The molecule has 0 saturated heterocycles. The average molecular weight is 272 g/mol. The number of rotatable bonds is 6. The summed E-state index contributed by atoms with van der Waals surface area (Å²) in [5.74, 6) is 0. The number of hydrogen-bond acceptors (Lipinski definition) is 4. The molecule has 0 aromatic heterocycles. The van der Waals surface area contributed by atoms with E-state index in [4.69, 9.17) is 10.2 Å². The lowest BCUT2D eigenvalue weighted by atomic mass is 10.3. The highest BCUT2D eigenvalue weighted by Crippen LogP contribution is 2.36. The maximum atomic E-state index is 11.9. The van der Waals surface area contributed by atoms with Gasteiger partial charge in [-0.05, 0) is 0 Å². The molecule has 0 aliphatic carbocycles. The van der Waals surface area contributed by atoms with Crippen LogP contribution in [0.4, 0.5) is 26.3 Å². The maximum Gasteiger partial charge on any atom is 0.423 e. The summed E-state index contributed by atoms with van der Waals surface area (Å²) in [6, 6.07) is 0. The van der Waals surface area contributed by atoms with E-state index in [2.05, 4.69) is 9.47 Å². The molecule has 0 aliphatic rings. The van der Waals surface area contributed by atoms with Gasteiger partial charge < -0.3 is 19.7 Å². The lowest BCUT2D eigenvalue weighted by molar-refractivity contribution is -0.349. The fourth-order valence-electron chi connectivity index (χ4n) is 0.814. The van der Waals surface area contributed by atoms with Crippen LogP contribution in [0.15, 0.2) is 0 Å². The second kappa shape index (κ2) is 6.38. The molecule has 0 spiro atoms. The summed E-state index contributed by atoms with van der Waals surface area (Å²) in [7, 11) is 0. The summed E-state index contributed by atoms with van der Waals surface area (Å²) in [6.45, 7) is -1.21. The standard InChI is InChI=1S/C7H10F6O4/c8-6(9,10)5(7(11,12)13)17-4(15)1-2-16-3-14/h4-5,14-15H,1-3H2. The molecule has 0 heterocycles. The number of hydrogen-bond donors (Lipinski definition) is 2. The number of aliphatic hydroxyl groups excluding tert-OH is 2. The maximum absolute atomic E-state index is 11.9. The quantitative estimate of drug-likeness (QED) is 0.433. The predicted octanol–water partition coefficient (Wildman–Crippen LogP) is 1.17. The fraction of sp³-hybridized carbons (Fsp3) is 1.00. The second-order valence-corrected chi connectivity index (χ2v) is 2.88. The Kier molecular flexibility index (Phi) is 6.16. The van der Waals surface area contributed by atoms with E-state index in [0.717, 1.165) is 0 Å². The third-order valence-electron chi connectivity index (χ3n) is 1.49. The molecule has 0 rings (SSSR count). The third kappa shape index (κ3) is 6.66. The number of aliphatic hydroxyl groups is 2. The van der Waals surface area contributed by atoms with Gasteiger partial charge in [0.15, 0.2) is 6.29 Å². The van der Waals surface area contributed by atoms with Crippen LogP contribution in [0.25, 0.3) is 0 Å². The van der Waals surface area contributed by atoms with Crippen LogP contribution in [0.3, 0.4) is 0 Å². The average Bonchev–Trinajstić information content (AvgIpc) is 2.11. The van der Waals surface area contributed by atoms with E-state index in [0.29, 0.717) is 0 Å². The molecule has 0 bridgehead atoms. The summed E-state index contributed by atoms with van der Waals surface area (Å²) in [5.41, 5.74) is 0. The lowest BCUT2D eigenvalue weighted by Gasteiger charge is -2.25. The van der Waals surface area contributed by atoms with E-state index in [9.17, 15) is 26.3 Å². The van der Waals surface area contributed by atoms with Crippen LogP contribution < -0.4 is 0 Å². The molecule has 0 radical (unpaired) electrons. The zero-order chi connectivity index (χ0) is 13.7. The molecular weight excluding hydrogens is 262 g/mol. The van der Waals surface area contributed by atoms with Gasteiger partial charge in [0.2, 0.25) is 0 Å². The van der Waals surface area contributed by atoms with Crippen LogP contribution in [0.1, 0.15) is 6.42 Å². The predicted molar refractivity (Wildman–Crippen MR) is 40.6 cm³/mol. The van der Waals surface area contributed by atoms with Gasteiger partial charge in [-0.2, -0.15) is 26.3 Å². The highest BCUT2D eigenvalue weighted by atomic mass is 19.4. The van der Waals surface area contributed by atoms with Gasteiger partial charge in [-0.1, -0.05) is 0 Å². The van der Waals surface area contributed by atoms with Crippen LogP contribution >= 0.6 is 0 Å². The van der Waals surface area contributed by atoms with Gasteiger partial charge in [-0.15, -0.1) is 0 Å². The Morgan fingerprint density at radius 3 is 1.82 bits per heavy atom. The van der Waals surface area contributed by atoms with E-state index < -0.39 is 44.6 Å². The van der Waals surface area contributed by atoms with E-state index in [-0.39, 0.29) is 0 Å². The molecule has 0 saturated carbocycles. The minimum atomic E-state index is -5.67. The van der Waals surface area contributed by atoms with Gasteiger partial charge in [0, 0.05) is 6.42 Å². The Morgan fingerprint density at radius 2 is 1.47 bits per heavy atom. The second-order valence-electron chi connectivity index (χ2n) is 2.88. The molecule has 1 unspecified atom stereocenters. The van der Waals surface area contributed by atoms with Crippen molar-refractivity contribution < 1.29 is 46.0 Å². The van der Waals surface area contributed by atoms with E-state index in [1.54, 1.807) is 0 Å². The smallest absolute Gasteiger partial charge is 0.371 e. The minimum absolute atomic E-state index is 0.444. The Hall–Kier alpha value is -0.580. The van der Waals surface area contributed by atoms with Gasteiger partial charge >= 0.3 is 12.4 Å². The molecule has 2 N–H and O–H groups in total. The lowest BCUT2D eigenvalue weighted by Crippen LogP contribution is -2.46. The van der Waals surface area contributed by atoms with Crippen LogP contribution in [-0.4, -0.2) is 48.4 Å². The van der Waals surface area contributed by atoms with Gasteiger partial charge in [-0.3, -0.25) is 0 Å². The van der Waals surface area contributed by atoms with Crippen LogP contribution in [-0.2, 0) is 9.47 Å². The third-order valence-corrected chi connectivity index (χ3v) is 1.49. The topological polar surface area (TPSA) is 58.9 Å².